The second-order valence-corrected chi connectivity index (χ2v) is 9.76. The van der Waals surface area contributed by atoms with Crippen LogP contribution in [-0.4, -0.2) is 22.4 Å². The minimum atomic E-state index is -0.285. The summed E-state index contributed by atoms with van der Waals surface area (Å²) in [5.41, 5.74) is 0.391. The van der Waals surface area contributed by atoms with Gasteiger partial charge in [-0.3, -0.25) is 0 Å². The number of hydrogen-bond acceptors (Lipinski definition) is 2. The van der Waals surface area contributed by atoms with Gasteiger partial charge < -0.3 is 10.2 Å². The monoisotopic (exact) mass is 319 g/mol. The second-order valence-electron chi connectivity index (χ2n) is 9.76. The van der Waals surface area contributed by atoms with E-state index < -0.39 is 0 Å². The lowest BCUT2D eigenvalue weighted by atomic mass is 9.44. The molecule has 4 aliphatic rings. The molecule has 2 nitrogen and oxygen atoms in total. The van der Waals surface area contributed by atoms with Crippen molar-refractivity contribution in [3.63, 3.8) is 0 Å². The van der Waals surface area contributed by atoms with Crippen LogP contribution in [0.3, 0.4) is 0 Å². The smallest absolute Gasteiger partial charge is 0.0603 e. The molecule has 131 valence electrons. The summed E-state index contributed by atoms with van der Waals surface area (Å²) < 4.78 is 0. The van der Waals surface area contributed by atoms with Crippen molar-refractivity contribution in [3.8, 4) is 0 Å². The third-order valence-electron chi connectivity index (χ3n) is 9.16. The molecule has 0 amide bonds. The molecule has 2 N–H and O–H groups in total. The van der Waals surface area contributed by atoms with Gasteiger partial charge in [-0.05, 0) is 99.7 Å². The third kappa shape index (κ3) is 2.13. The molecule has 4 fully saturated rings. The molecule has 9 atom stereocenters. The minimum Gasteiger partial charge on any atom is -0.393 e. The van der Waals surface area contributed by atoms with Crippen molar-refractivity contribution < 1.29 is 10.2 Å². The summed E-state index contributed by atoms with van der Waals surface area (Å²) in [6, 6.07) is 0. The molecule has 0 aromatic heterocycles. The van der Waals surface area contributed by atoms with E-state index in [1.54, 1.807) is 0 Å². The molecule has 4 saturated carbocycles. The summed E-state index contributed by atoms with van der Waals surface area (Å²) in [5.74, 6) is 3.25. The van der Waals surface area contributed by atoms with Crippen LogP contribution in [0.25, 0.3) is 0 Å². The first-order valence-electron chi connectivity index (χ1n) is 10.1. The molecule has 0 bridgehead atoms. The van der Waals surface area contributed by atoms with Crippen molar-refractivity contribution in [2.75, 3.05) is 0 Å². The van der Waals surface area contributed by atoms with Gasteiger partial charge in [0.25, 0.3) is 0 Å². The first-order valence-corrected chi connectivity index (χ1v) is 10.1. The fourth-order valence-electron chi connectivity index (χ4n) is 7.83. The topological polar surface area (TPSA) is 40.5 Å². The number of aliphatic hydroxyl groups is 2. The van der Waals surface area contributed by atoms with Gasteiger partial charge in [-0.15, -0.1) is 0 Å². The second kappa shape index (κ2) is 5.46. The SMILES string of the molecule is CC(O)[C@H]1CC[C@H]2[C@@H]3CCC4C[CH]CC[C@]4(C)[C@H]3CC(O)[C@]12C. The van der Waals surface area contributed by atoms with Crippen LogP contribution in [0.4, 0.5) is 0 Å². The van der Waals surface area contributed by atoms with Gasteiger partial charge in [-0.25, -0.2) is 0 Å². The Bertz CT molecular complexity index is 461. The van der Waals surface area contributed by atoms with Crippen LogP contribution in [0.5, 0.6) is 0 Å². The molecule has 0 aliphatic heterocycles. The summed E-state index contributed by atoms with van der Waals surface area (Å²) in [4.78, 5) is 0. The molecule has 3 unspecified atom stereocenters. The Balaban J connectivity index is 1.67. The van der Waals surface area contributed by atoms with Crippen LogP contribution in [0.15, 0.2) is 0 Å². The highest BCUT2D eigenvalue weighted by Crippen LogP contribution is 2.67. The molecular weight excluding hydrogens is 284 g/mol. The predicted molar refractivity (Wildman–Crippen MR) is 92.6 cm³/mol. The van der Waals surface area contributed by atoms with E-state index in [1.807, 2.05) is 6.92 Å². The molecule has 0 aromatic rings. The molecule has 4 aliphatic carbocycles. The van der Waals surface area contributed by atoms with Gasteiger partial charge in [0.2, 0.25) is 0 Å². The summed E-state index contributed by atoms with van der Waals surface area (Å²) >= 11 is 0. The van der Waals surface area contributed by atoms with Gasteiger partial charge in [0, 0.05) is 5.41 Å². The largest absolute Gasteiger partial charge is 0.393 e. The zero-order chi connectivity index (χ0) is 16.4. The fourth-order valence-corrected chi connectivity index (χ4v) is 7.83. The van der Waals surface area contributed by atoms with Crippen LogP contribution >= 0.6 is 0 Å². The maximum atomic E-state index is 11.2. The number of fused-ring (bicyclic) bond motifs is 5. The number of hydrogen-bond donors (Lipinski definition) is 2. The Morgan fingerprint density at radius 3 is 2.61 bits per heavy atom. The number of rotatable bonds is 1. The Morgan fingerprint density at radius 1 is 1.09 bits per heavy atom. The van der Waals surface area contributed by atoms with E-state index in [0.29, 0.717) is 17.3 Å². The van der Waals surface area contributed by atoms with Crippen molar-refractivity contribution in [2.45, 2.75) is 84.3 Å². The summed E-state index contributed by atoms with van der Waals surface area (Å²) in [6.45, 7) is 6.77. The van der Waals surface area contributed by atoms with Crippen molar-refractivity contribution in [3.05, 3.63) is 6.42 Å². The minimum absolute atomic E-state index is 0.0562. The molecule has 0 saturated heterocycles. The van der Waals surface area contributed by atoms with Crippen molar-refractivity contribution >= 4 is 0 Å². The molecule has 2 heteroatoms. The Morgan fingerprint density at radius 2 is 1.87 bits per heavy atom. The highest BCUT2D eigenvalue weighted by molar-refractivity contribution is 5.13. The number of aliphatic hydroxyl groups excluding tert-OH is 2. The molecule has 0 heterocycles. The zero-order valence-electron chi connectivity index (χ0n) is 15.2. The predicted octanol–water partition coefficient (Wildman–Crippen LogP) is 4.20. The van der Waals surface area contributed by atoms with E-state index in [1.165, 1.54) is 38.5 Å². The lowest BCUT2D eigenvalue weighted by Crippen LogP contribution is -2.58. The zero-order valence-corrected chi connectivity index (χ0v) is 15.2. The average Bonchev–Trinajstić information content (AvgIpc) is 2.87. The maximum absolute atomic E-state index is 11.2. The van der Waals surface area contributed by atoms with E-state index in [2.05, 4.69) is 20.3 Å². The van der Waals surface area contributed by atoms with E-state index in [4.69, 9.17) is 0 Å². The lowest BCUT2D eigenvalue weighted by Gasteiger charge is -2.62. The molecule has 4 rings (SSSR count). The molecule has 23 heavy (non-hydrogen) atoms. The van der Waals surface area contributed by atoms with Gasteiger partial charge in [-0.2, -0.15) is 0 Å². The van der Waals surface area contributed by atoms with Crippen LogP contribution in [0, 0.1) is 46.8 Å². The third-order valence-corrected chi connectivity index (χ3v) is 9.16. The van der Waals surface area contributed by atoms with E-state index in [9.17, 15) is 10.2 Å². The quantitative estimate of drug-likeness (QED) is 0.760. The van der Waals surface area contributed by atoms with Gasteiger partial charge in [0.15, 0.2) is 0 Å². The van der Waals surface area contributed by atoms with Gasteiger partial charge in [-0.1, -0.05) is 13.8 Å². The molecular formula is C21H35O2. The maximum Gasteiger partial charge on any atom is 0.0603 e. The first-order chi connectivity index (χ1) is 10.9. The van der Waals surface area contributed by atoms with Crippen LogP contribution < -0.4 is 0 Å². The highest BCUT2D eigenvalue weighted by atomic mass is 16.3. The van der Waals surface area contributed by atoms with Crippen molar-refractivity contribution in [1.82, 2.24) is 0 Å². The Labute approximate surface area is 142 Å². The standard InChI is InChI=1S/C21H35O2/c1-13(22)16-9-10-17-15-8-7-14-6-4-5-11-20(14,2)18(15)12-19(23)21(16,17)3/h4,13-19,22-23H,5-12H2,1-3H3/t13?,14?,15-,16+,17-,18-,19?,20-,21+/m0/s1. The van der Waals surface area contributed by atoms with Crippen LogP contribution in [-0.2, 0) is 0 Å². The molecule has 1 radical (unpaired) electrons. The van der Waals surface area contributed by atoms with Crippen LogP contribution in [0.2, 0.25) is 0 Å². The lowest BCUT2D eigenvalue weighted by molar-refractivity contribution is -0.169. The first kappa shape index (κ1) is 16.4. The van der Waals surface area contributed by atoms with E-state index >= 15 is 0 Å². The average molecular weight is 320 g/mol. The van der Waals surface area contributed by atoms with Gasteiger partial charge in [0.05, 0.1) is 12.2 Å². The van der Waals surface area contributed by atoms with Crippen molar-refractivity contribution in [2.24, 2.45) is 40.4 Å². The highest BCUT2D eigenvalue weighted by Gasteiger charge is 2.63. The van der Waals surface area contributed by atoms with E-state index in [0.717, 1.165) is 24.7 Å². The summed E-state index contributed by atoms with van der Waals surface area (Å²) in [7, 11) is 0. The Hall–Kier alpha value is -0.0800. The fraction of sp³-hybridized carbons (Fsp3) is 0.952. The van der Waals surface area contributed by atoms with Crippen molar-refractivity contribution in [1.29, 1.82) is 0 Å². The normalized spacial score (nSPS) is 57.3. The van der Waals surface area contributed by atoms with Gasteiger partial charge >= 0.3 is 0 Å². The van der Waals surface area contributed by atoms with E-state index in [-0.39, 0.29) is 23.5 Å². The van der Waals surface area contributed by atoms with Crippen LogP contribution in [0.1, 0.15) is 72.1 Å². The molecule has 0 aromatic carbocycles. The Kier molecular flexibility index (Phi) is 3.89. The summed E-state index contributed by atoms with van der Waals surface area (Å²) in [6.07, 6.45) is 11.9. The summed E-state index contributed by atoms with van der Waals surface area (Å²) in [5, 5.41) is 21.5. The van der Waals surface area contributed by atoms with Gasteiger partial charge in [0.1, 0.15) is 0 Å². The molecule has 0 spiro atoms.